The maximum atomic E-state index is 6.32. The van der Waals surface area contributed by atoms with E-state index >= 15 is 0 Å². The molecule has 39 heavy (non-hydrogen) atoms. The number of amidine groups is 1. The Morgan fingerprint density at radius 1 is 0.487 bits per heavy atom. The molecule has 7 aromatic rings. The molecule has 0 heterocycles. The van der Waals surface area contributed by atoms with E-state index in [1.165, 1.54) is 60.7 Å². The van der Waals surface area contributed by atoms with Crippen molar-refractivity contribution in [3.05, 3.63) is 133 Å². The average Bonchev–Trinajstić information content (AvgIpc) is 2.99. The van der Waals surface area contributed by atoms with E-state index in [-0.39, 0.29) is 0 Å². The molecule has 0 unspecified atom stereocenters. The number of hydrogen-bond acceptors (Lipinski definition) is 0. The van der Waals surface area contributed by atoms with E-state index in [1.54, 1.807) is 0 Å². The van der Waals surface area contributed by atoms with Crippen LogP contribution in [0.3, 0.4) is 0 Å². The third-order valence-electron chi connectivity index (χ3n) is 7.61. The van der Waals surface area contributed by atoms with Gasteiger partial charge in [-0.25, -0.2) is 4.67 Å². The molecule has 0 radical (unpaired) electrons. The average molecular weight is 501 g/mol. The molecule has 0 saturated carbocycles. The lowest BCUT2D eigenvalue weighted by Gasteiger charge is -2.19. The fraction of sp³-hybridized carbons (Fsp3) is 0. The van der Waals surface area contributed by atoms with Gasteiger partial charge in [0, 0.05) is 0 Å². The lowest BCUT2D eigenvalue weighted by molar-refractivity contribution is 1.50. The van der Waals surface area contributed by atoms with Gasteiger partial charge in [-0.3, -0.25) is 0 Å². The van der Waals surface area contributed by atoms with Crippen molar-refractivity contribution in [1.29, 1.82) is 0 Å². The quantitative estimate of drug-likeness (QED) is 0.115. The first-order chi connectivity index (χ1) is 19.2. The Bertz CT molecular complexity index is 2130. The fourth-order valence-corrected chi connectivity index (χ4v) is 5.80. The van der Waals surface area contributed by atoms with Crippen molar-refractivity contribution in [1.82, 2.24) is 4.67 Å². The molecule has 3 heteroatoms. The maximum Gasteiger partial charge on any atom is 0.313 e. The van der Waals surface area contributed by atoms with Crippen LogP contribution >= 0.6 is 0 Å². The van der Waals surface area contributed by atoms with E-state index in [1.807, 2.05) is 6.07 Å². The zero-order valence-corrected chi connectivity index (χ0v) is 21.3. The van der Waals surface area contributed by atoms with Gasteiger partial charge in [0.25, 0.3) is 6.34 Å². The lowest BCUT2D eigenvalue weighted by atomic mass is 9.84. The van der Waals surface area contributed by atoms with Gasteiger partial charge in [0.15, 0.2) is 0 Å². The van der Waals surface area contributed by atoms with Gasteiger partial charge in [-0.2, -0.15) is 0 Å². The standard InChI is InChI=1S/C36H25N3/c37-22-39-36(38)29-17-18-32-33(21-29)35(28-16-14-24-8-2-4-10-26(24)20-28)31-12-6-5-11-30(31)34(32)27-15-13-23-7-1-3-9-25(23)19-27/h1-22H,(H3,37,38,39)/p+1. The summed E-state index contributed by atoms with van der Waals surface area (Å²) in [6, 6.07) is 45.5. The summed E-state index contributed by atoms with van der Waals surface area (Å²) in [5, 5.41) is 9.58. The molecular weight excluding hydrogens is 474 g/mol. The summed E-state index contributed by atoms with van der Waals surface area (Å²) >= 11 is 0. The molecule has 4 N–H and O–H groups in total. The van der Waals surface area contributed by atoms with E-state index in [0.717, 1.165) is 16.5 Å². The van der Waals surface area contributed by atoms with Crippen molar-refractivity contribution in [3.8, 4) is 22.3 Å². The number of rotatable bonds is 3. The molecule has 0 amide bonds. The number of hydrogen-bond donors (Lipinski definition) is 2. The van der Waals surface area contributed by atoms with Crippen molar-refractivity contribution in [2.75, 3.05) is 0 Å². The summed E-state index contributed by atoms with van der Waals surface area (Å²) in [7, 11) is 0. The van der Waals surface area contributed by atoms with Crippen LogP contribution in [0.25, 0.3) is 65.3 Å². The first-order valence-corrected chi connectivity index (χ1v) is 13.0. The Hall–Kier alpha value is -5.37. The van der Waals surface area contributed by atoms with Crippen molar-refractivity contribution >= 4 is 55.3 Å². The van der Waals surface area contributed by atoms with Crippen LogP contribution in [0.1, 0.15) is 5.56 Å². The molecule has 7 rings (SSSR count). The third-order valence-corrected chi connectivity index (χ3v) is 7.61. The molecule has 0 aromatic heterocycles. The van der Waals surface area contributed by atoms with Gasteiger partial charge in [-0.05, 0) is 89.6 Å². The molecule has 0 fully saturated rings. The summed E-state index contributed by atoms with van der Waals surface area (Å²) in [6.07, 6.45) is 1.24. The Labute approximate surface area is 226 Å². The summed E-state index contributed by atoms with van der Waals surface area (Å²) in [5.41, 5.74) is 17.5. The zero-order valence-electron chi connectivity index (χ0n) is 21.3. The van der Waals surface area contributed by atoms with Crippen LogP contribution in [-0.4, -0.2) is 12.2 Å². The van der Waals surface area contributed by atoms with Gasteiger partial charge in [0.2, 0.25) is 0 Å². The SMILES string of the molecule is NC=[N+]=C(N)c1ccc2c(-c3ccc4ccccc4c3)c3ccccc3c(-c3ccc4ccccc4c3)c2c1. The van der Waals surface area contributed by atoms with Crippen molar-refractivity contribution in [3.63, 3.8) is 0 Å². The molecule has 0 aliphatic heterocycles. The largest absolute Gasteiger partial charge is 0.313 e. The van der Waals surface area contributed by atoms with Crippen LogP contribution in [0.15, 0.2) is 127 Å². The minimum atomic E-state index is 0.393. The Morgan fingerprint density at radius 3 is 1.54 bits per heavy atom. The molecule has 0 bridgehead atoms. The Balaban J connectivity index is 1.64. The second-order valence-corrected chi connectivity index (χ2v) is 9.84. The smallest absolute Gasteiger partial charge is 0.312 e. The van der Waals surface area contributed by atoms with Crippen LogP contribution in [0, 0.1) is 0 Å². The predicted octanol–water partition coefficient (Wildman–Crippen LogP) is 7.39. The van der Waals surface area contributed by atoms with Crippen LogP contribution in [0.2, 0.25) is 0 Å². The molecule has 3 nitrogen and oxygen atoms in total. The molecule has 0 spiro atoms. The van der Waals surface area contributed by atoms with Gasteiger partial charge in [0.05, 0.1) is 5.56 Å². The van der Waals surface area contributed by atoms with Gasteiger partial charge in [-0.15, -0.1) is 0 Å². The van der Waals surface area contributed by atoms with Gasteiger partial charge >= 0.3 is 5.84 Å². The van der Waals surface area contributed by atoms with Gasteiger partial charge < -0.3 is 11.5 Å². The first-order valence-electron chi connectivity index (χ1n) is 13.0. The highest BCUT2D eigenvalue weighted by atomic mass is 14.8. The minimum Gasteiger partial charge on any atom is -0.312 e. The number of nitrogens with zero attached hydrogens (tertiary/aromatic N) is 1. The second kappa shape index (κ2) is 9.18. The molecule has 184 valence electrons. The molecule has 0 atom stereocenters. The zero-order chi connectivity index (χ0) is 26.3. The monoisotopic (exact) mass is 500 g/mol. The second-order valence-electron chi connectivity index (χ2n) is 9.84. The molecule has 0 aliphatic rings. The highest BCUT2D eigenvalue weighted by Crippen LogP contribution is 2.44. The van der Waals surface area contributed by atoms with Crippen molar-refractivity contribution < 1.29 is 0 Å². The fourth-order valence-electron chi connectivity index (χ4n) is 5.80. The van der Waals surface area contributed by atoms with Gasteiger partial charge in [0.1, 0.15) is 0 Å². The van der Waals surface area contributed by atoms with Crippen molar-refractivity contribution in [2.24, 2.45) is 11.5 Å². The summed E-state index contributed by atoms with van der Waals surface area (Å²) in [5.74, 6) is 0.393. The number of benzene rings is 7. The Kier molecular flexibility index (Phi) is 5.37. The predicted molar refractivity (Wildman–Crippen MR) is 168 cm³/mol. The molecule has 0 saturated heterocycles. The van der Waals surface area contributed by atoms with E-state index in [0.29, 0.717) is 5.84 Å². The van der Waals surface area contributed by atoms with Crippen molar-refractivity contribution in [2.45, 2.75) is 0 Å². The van der Waals surface area contributed by atoms with E-state index in [2.05, 4.69) is 126 Å². The third kappa shape index (κ3) is 3.81. The maximum absolute atomic E-state index is 6.32. The molecular formula is C36H26N3+. The topological polar surface area (TPSA) is 66.1 Å². The van der Waals surface area contributed by atoms with Crippen LogP contribution in [0.5, 0.6) is 0 Å². The van der Waals surface area contributed by atoms with E-state index in [9.17, 15) is 0 Å². The van der Waals surface area contributed by atoms with Crippen LogP contribution in [-0.2, 0) is 0 Å². The van der Waals surface area contributed by atoms with E-state index in [4.69, 9.17) is 11.5 Å². The summed E-state index contributed by atoms with van der Waals surface area (Å²) in [4.78, 5) is 0. The summed E-state index contributed by atoms with van der Waals surface area (Å²) in [6.45, 7) is 0. The highest BCUT2D eigenvalue weighted by Gasteiger charge is 2.19. The molecule has 0 aliphatic carbocycles. The van der Waals surface area contributed by atoms with Crippen LogP contribution < -0.4 is 16.1 Å². The number of fused-ring (bicyclic) bond motifs is 4. The molecule has 7 aromatic carbocycles. The lowest BCUT2D eigenvalue weighted by Crippen LogP contribution is -2.18. The van der Waals surface area contributed by atoms with Gasteiger partial charge in [-0.1, -0.05) is 103 Å². The highest BCUT2D eigenvalue weighted by molar-refractivity contribution is 6.23. The van der Waals surface area contributed by atoms with Crippen LogP contribution in [0.4, 0.5) is 0 Å². The van der Waals surface area contributed by atoms with E-state index < -0.39 is 0 Å². The normalized spacial score (nSPS) is 11.2. The Morgan fingerprint density at radius 2 is 0.974 bits per heavy atom. The summed E-state index contributed by atoms with van der Waals surface area (Å²) < 4.78 is 4.17. The number of nitrogens with two attached hydrogens (primary N) is 2. The first kappa shape index (κ1) is 22.8. The minimum absolute atomic E-state index is 0.393.